The lowest BCUT2D eigenvalue weighted by Gasteiger charge is -2.35. The predicted molar refractivity (Wildman–Crippen MR) is 74.8 cm³/mol. The summed E-state index contributed by atoms with van der Waals surface area (Å²) in [5, 5.41) is 2.90. The summed E-state index contributed by atoms with van der Waals surface area (Å²) in [5.74, 6) is -0.0162. The Morgan fingerprint density at radius 2 is 1.79 bits per heavy atom. The molecule has 0 radical (unpaired) electrons. The molecular weight excluding hydrogens is 242 g/mol. The van der Waals surface area contributed by atoms with E-state index >= 15 is 0 Å². The normalized spacial score (nSPS) is 20.7. The number of hydrogen-bond donors (Lipinski definition) is 1. The fourth-order valence-electron chi connectivity index (χ4n) is 2.57. The van der Waals surface area contributed by atoms with Gasteiger partial charge in [0.05, 0.1) is 6.04 Å². The van der Waals surface area contributed by atoms with Crippen LogP contribution in [-0.4, -0.2) is 30.9 Å². The second-order valence-corrected chi connectivity index (χ2v) is 7.08. The maximum atomic E-state index is 12.2. The van der Waals surface area contributed by atoms with Crippen LogP contribution in [0.4, 0.5) is 0 Å². The quantitative estimate of drug-likeness (QED) is 0.852. The van der Waals surface area contributed by atoms with Crippen LogP contribution < -0.4 is 5.32 Å². The number of nitrogens with one attached hydrogen (secondary N) is 1. The summed E-state index contributed by atoms with van der Waals surface area (Å²) in [4.78, 5) is 23.8. The number of ketones is 1. The lowest BCUT2D eigenvalue weighted by atomic mass is 9.78. The summed E-state index contributed by atoms with van der Waals surface area (Å²) in [7, 11) is 0. The molecule has 1 unspecified atom stereocenters. The molecule has 0 saturated carbocycles. The van der Waals surface area contributed by atoms with Gasteiger partial charge in [0.1, 0.15) is 0 Å². The van der Waals surface area contributed by atoms with Gasteiger partial charge in [-0.05, 0) is 30.6 Å². The van der Waals surface area contributed by atoms with Crippen LogP contribution >= 0.6 is 0 Å². The molecule has 1 N–H and O–H groups in total. The zero-order valence-electron chi connectivity index (χ0n) is 12.8. The first kappa shape index (κ1) is 16.2. The molecule has 0 aromatic rings. The van der Waals surface area contributed by atoms with Crippen molar-refractivity contribution in [2.75, 3.05) is 13.2 Å². The van der Waals surface area contributed by atoms with E-state index in [1.165, 1.54) is 6.92 Å². The number of ether oxygens (including phenoxy) is 1. The van der Waals surface area contributed by atoms with Gasteiger partial charge in [-0.15, -0.1) is 0 Å². The Labute approximate surface area is 116 Å². The van der Waals surface area contributed by atoms with Crippen molar-refractivity contribution in [3.8, 4) is 0 Å². The molecular formula is C15H27NO3. The highest BCUT2D eigenvalue weighted by Crippen LogP contribution is 2.33. The van der Waals surface area contributed by atoms with Crippen LogP contribution in [-0.2, 0) is 14.3 Å². The van der Waals surface area contributed by atoms with E-state index in [2.05, 4.69) is 12.2 Å². The highest BCUT2D eigenvalue weighted by molar-refractivity contribution is 5.88. The van der Waals surface area contributed by atoms with Crippen LogP contribution in [0, 0.1) is 10.8 Å². The number of carbonyl (C=O) groups is 2. The first-order valence-electron chi connectivity index (χ1n) is 7.02. The summed E-state index contributed by atoms with van der Waals surface area (Å²) in [6.07, 6.45) is 2.28. The monoisotopic (exact) mass is 269 g/mol. The van der Waals surface area contributed by atoms with Crippen molar-refractivity contribution in [2.24, 2.45) is 10.8 Å². The molecule has 0 aromatic carbocycles. The molecule has 19 heavy (non-hydrogen) atoms. The third-order valence-electron chi connectivity index (χ3n) is 3.87. The third kappa shape index (κ3) is 4.94. The standard InChI is InChI=1S/C15H27NO3/c1-11(17)13(14(2,3)4)16-12(18)10-15(5)6-8-19-9-7-15/h13H,6-10H2,1-5H3,(H,16,18). The molecule has 1 fully saturated rings. The molecule has 1 aliphatic rings. The molecule has 1 rings (SSSR count). The predicted octanol–water partition coefficient (Wildman–Crippen LogP) is 2.31. The second kappa shape index (κ2) is 6.04. The van der Waals surface area contributed by atoms with Crippen molar-refractivity contribution in [3.05, 3.63) is 0 Å². The number of hydrogen-bond acceptors (Lipinski definition) is 3. The fourth-order valence-corrected chi connectivity index (χ4v) is 2.57. The minimum Gasteiger partial charge on any atom is -0.381 e. The Hall–Kier alpha value is -0.900. The van der Waals surface area contributed by atoms with E-state index in [1.54, 1.807) is 0 Å². The number of carbonyl (C=O) groups excluding carboxylic acids is 2. The number of rotatable bonds is 4. The maximum absolute atomic E-state index is 12.2. The molecule has 4 nitrogen and oxygen atoms in total. The summed E-state index contributed by atoms with van der Waals surface area (Å²) >= 11 is 0. The molecule has 0 spiro atoms. The molecule has 1 heterocycles. The molecule has 0 aliphatic carbocycles. The van der Waals surface area contributed by atoms with Crippen molar-refractivity contribution < 1.29 is 14.3 Å². The Morgan fingerprint density at radius 1 is 1.26 bits per heavy atom. The Kier molecular flexibility index (Phi) is 5.13. The molecule has 1 amide bonds. The van der Waals surface area contributed by atoms with Crippen LogP contribution in [0.2, 0.25) is 0 Å². The van der Waals surface area contributed by atoms with Crippen molar-refractivity contribution >= 4 is 11.7 Å². The van der Waals surface area contributed by atoms with Gasteiger partial charge < -0.3 is 10.1 Å². The molecule has 110 valence electrons. The zero-order chi connectivity index (χ0) is 14.7. The van der Waals surface area contributed by atoms with Gasteiger partial charge in [0.15, 0.2) is 5.78 Å². The average Bonchev–Trinajstić information content (AvgIpc) is 2.24. The summed E-state index contributed by atoms with van der Waals surface area (Å²) in [5.41, 5.74) is -0.250. The Morgan fingerprint density at radius 3 is 2.21 bits per heavy atom. The maximum Gasteiger partial charge on any atom is 0.221 e. The summed E-state index contributed by atoms with van der Waals surface area (Å²) in [6, 6.07) is -0.413. The SMILES string of the molecule is CC(=O)C(NC(=O)CC1(C)CCOCC1)C(C)(C)C. The minimum atomic E-state index is -0.413. The van der Waals surface area contributed by atoms with E-state index in [1.807, 2.05) is 20.8 Å². The smallest absolute Gasteiger partial charge is 0.221 e. The first-order valence-corrected chi connectivity index (χ1v) is 7.02. The van der Waals surface area contributed by atoms with Gasteiger partial charge >= 0.3 is 0 Å². The summed E-state index contributed by atoms with van der Waals surface area (Å²) in [6.45, 7) is 11.0. The van der Waals surface area contributed by atoms with Crippen molar-refractivity contribution in [3.63, 3.8) is 0 Å². The average molecular weight is 269 g/mol. The van der Waals surface area contributed by atoms with E-state index in [-0.39, 0.29) is 22.5 Å². The highest BCUT2D eigenvalue weighted by atomic mass is 16.5. The van der Waals surface area contributed by atoms with E-state index in [9.17, 15) is 9.59 Å². The van der Waals surface area contributed by atoms with Crippen LogP contribution in [0.1, 0.15) is 53.9 Å². The molecule has 4 heteroatoms. The fraction of sp³-hybridized carbons (Fsp3) is 0.867. The number of Topliss-reactive ketones (excluding diaryl/α,β-unsaturated/α-hetero) is 1. The van der Waals surface area contributed by atoms with E-state index in [0.717, 1.165) is 26.1 Å². The van der Waals surface area contributed by atoms with E-state index < -0.39 is 6.04 Å². The topological polar surface area (TPSA) is 55.4 Å². The van der Waals surface area contributed by atoms with E-state index in [0.29, 0.717) is 6.42 Å². The van der Waals surface area contributed by atoms with Crippen LogP contribution in [0.3, 0.4) is 0 Å². The van der Waals surface area contributed by atoms with Gasteiger partial charge in [-0.3, -0.25) is 9.59 Å². The van der Waals surface area contributed by atoms with Crippen molar-refractivity contribution in [1.29, 1.82) is 0 Å². The molecule has 1 saturated heterocycles. The van der Waals surface area contributed by atoms with Gasteiger partial charge in [0, 0.05) is 19.6 Å². The van der Waals surface area contributed by atoms with Crippen LogP contribution in [0.15, 0.2) is 0 Å². The third-order valence-corrected chi connectivity index (χ3v) is 3.87. The Bertz CT molecular complexity index is 338. The minimum absolute atomic E-state index is 0.00154. The molecule has 1 atom stereocenters. The van der Waals surface area contributed by atoms with Gasteiger partial charge in [-0.25, -0.2) is 0 Å². The molecule has 0 bridgehead atoms. The Balaban J connectivity index is 2.60. The van der Waals surface area contributed by atoms with Gasteiger partial charge in [0.2, 0.25) is 5.91 Å². The molecule has 1 aliphatic heterocycles. The lowest BCUT2D eigenvalue weighted by molar-refractivity contribution is -0.131. The molecule has 0 aromatic heterocycles. The van der Waals surface area contributed by atoms with Gasteiger partial charge in [-0.2, -0.15) is 0 Å². The lowest BCUT2D eigenvalue weighted by Crippen LogP contribution is -2.49. The van der Waals surface area contributed by atoms with Crippen LogP contribution in [0.25, 0.3) is 0 Å². The van der Waals surface area contributed by atoms with Crippen LogP contribution in [0.5, 0.6) is 0 Å². The number of amides is 1. The van der Waals surface area contributed by atoms with Crippen molar-refractivity contribution in [1.82, 2.24) is 5.32 Å². The first-order chi connectivity index (χ1) is 8.64. The van der Waals surface area contributed by atoms with Gasteiger partial charge in [0.25, 0.3) is 0 Å². The van der Waals surface area contributed by atoms with E-state index in [4.69, 9.17) is 4.74 Å². The largest absolute Gasteiger partial charge is 0.381 e. The highest BCUT2D eigenvalue weighted by Gasteiger charge is 2.34. The summed E-state index contributed by atoms with van der Waals surface area (Å²) < 4.78 is 5.33. The van der Waals surface area contributed by atoms with Crippen molar-refractivity contribution in [2.45, 2.75) is 59.9 Å². The zero-order valence-corrected chi connectivity index (χ0v) is 12.8. The van der Waals surface area contributed by atoms with Gasteiger partial charge in [-0.1, -0.05) is 27.7 Å². The second-order valence-electron chi connectivity index (χ2n) is 7.08.